The maximum atomic E-state index is 12.5. The van der Waals surface area contributed by atoms with Gasteiger partial charge in [0.05, 0.1) is 18.8 Å². The van der Waals surface area contributed by atoms with Crippen molar-refractivity contribution in [3.8, 4) is 0 Å². The molecule has 0 unspecified atom stereocenters. The van der Waals surface area contributed by atoms with Crippen LogP contribution in [0.25, 0.3) is 0 Å². The first-order valence-electron chi connectivity index (χ1n) is 9.18. The highest BCUT2D eigenvalue weighted by Gasteiger charge is 2.17. The van der Waals surface area contributed by atoms with E-state index in [0.717, 1.165) is 43.3 Å². The number of hydrogen-bond acceptors (Lipinski definition) is 4. The van der Waals surface area contributed by atoms with Crippen LogP contribution in [-0.4, -0.2) is 42.4 Å². The Labute approximate surface area is 143 Å². The molecule has 0 bridgehead atoms. The zero-order chi connectivity index (χ0) is 16.8. The van der Waals surface area contributed by atoms with E-state index in [1.54, 1.807) is 4.57 Å². The highest BCUT2D eigenvalue weighted by molar-refractivity contribution is 5.79. The number of hydrogen-bond donors (Lipinski definition) is 0. The fourth-order valence-electron chi connectivity index (χ4n) is 3.42. The summed E-state index contributed by atoms with van der Waals surface area (Å²) in [5, 5.41) is 0. The molecule has 2 aliphatic rings. The van der Waals surface area contributed by atoms with Gasteiger partial charge >= 0.3 is 0 Å². The van der Waals surface area contributed by atoms with Crippen molar-refractivity contribution >= 4 is 5.91 Å². The van der Waals surface area contributed by atoms with Crippen LogP contribution in [0, 0.1) is 6.92 Å². The third-order valence-electron chi connectivity index (χ3n) is 4.80. The molecule has 1 atom stereocenters. The average molecular weight is 332 g/mol. The van der Waals surface area contributed by atoms with Gasteiger partial charge in [0.1, 0.15) is 12.1 Å². The van der Waals surface area contributed by atoms with Gasteiger partial charge in [0.2, 0.25) is 0 Å². The average Bonchev–Trinajstić information content (AvgIpc) is 3.09. The molecular formula is C19H28N2O3. The molecule has 0 aromatic carbocycles. The van der Waals surface area contributed by atoms with Gasteiger partial charge in [-0.3, -0.25) is 14.4 Å². The lowest BCUT2D eigenvalue weighted by atomic mass is 9.96. The third kappa shape index (κ3) is 4.77. The second kappa shape index (κ2) is 8.58. The van der Waals surface area contributed by atoms with Gasteiger partial charge in [-0.25, -0.2) is 0 Å². The molecular weight excluding hydrogens is 304 g/mol. The molecule has 132 valence electrons. The topological polar surface area (TPSA) is 52.8 Å². The quantitative estimate of drug-likeness (QED) is 0.833. The molecule has 2 heterocycles. The van der Waals surface area contributed by atoms with Crippen LogP contribution in [0.5, 0.6) is 0 Å². The Morgan fingerprint density at radius 2 is 2.12 bits per heavy atom. The van der Waals surface area contributed by atoms with Crippen molar-refractivity contribution in [2.24, 2.45) is 4.99 Å². The van der Waals surface area contributed by atoms with Gasteiger partial charge in [0.15, 0.2) is 0 Å². The van der Waals surface area contributed by atoms with Gasteiger partial charge in [0, 0.05) is 12.8 Å². The molecule has 1 aromatic rings. The van der Waals surface area contributed by atoms with Crippen molar-refractivity contribution in [2.45, 2.75) is 64.0 Å². The van der Waals surface area contributed by atoms with E-state index in [-0.39, 0.29) is 18.6 Å². The third-order valence-corrected chi connectivity index (χ3v) is 4.80. The minimum absolute atomic E-state index is 0.0671. The van der Waals surface area contributed by atoms with Crippen molar-refractivity contribution < 1.29 is 14.3 Å². The van der Waals surface area contributed by atoms with E-state index < -0.39 is 0 Å². The molecule has 0 amide bonds. The molecule has 1 aliphatic carbocycles. The van der Waals surface area contributed by atoms with Crippen LogP contribution in [0.15, 0.2) is 23.3 Å². The van der Waals surface area contributed by atoms with E-state index in [9.17, 15) is 4.79 Å². The molecule has 0 radical (unpaired) electrons. The molecule has 0 spiro atoms. The van der Waals surface area contributed by atoms with Gasteiger partial charge in [-0.1, -0.05) is 19.3 Å². The van der Waals surface area contributed by atoms with Crippen LogP contribution in [0.4, 0.5) is 0 Å². The van der Waals surface area contributed by atoms with E-state index >= 15 is 0 Å². The monoisotopic (exact) mass is 332 g/mol. The fraction of sp³-hybridized carbons (Fsp3) is 0.684. The summed E-state index contributed by atoms with van der Waals surface area (Å²) in [6.45, 7) is 3.40. The molecule has 1 saturated carbocycles. The van der Waals surface area contributed by atoms with Crippen molar-refractivity contribution in [1.82, 2.24) is 4.57 Å². The first-order valence-corrected chi connectivity index (χ1v) is 9.18. The SMILES string of the molecule is Cc1ccn(C(=O)COC[C@H]2CCCO2)c(=NC2CCCCC2)c1. The predicted molar refractivity (Wildman–Crippen MR) is 92.0 cm³/mol. The van der Waals surface area contributed by atoms with E-state index in [4.69, 9.17) is 14.5 Å². The van der Waals surface area contributed by atoms with E-state index in [1.807, 2.05) is 25.3 Å². The van der Waals surface area contributed by atoms with Crippen molar-refractivity contribution in [3.63, 3.8) is 0 Å². The summed E-state index contributed by atoms with van der Waals surface area (Å²) in [5.41, 5.74) is 1.88. The summed E-state index contributed by atoms with van der Waals surface area (Å²) in [6, 6.07) is 4.28. The standard InChI is InChI=1S/C19H28N2O3/c1-15-9-10-21(18(12-15)20-16-6-3-2-4-7-16)19(22)14-23-13-17-8-5-11-24-17/h9-10,12,16-17H,2-8,11,13-14H2,1H3/t17-/m1/s1. The molecule has 1 saturated heterocycles. The second-order valence-electron chi connectivity index (χ2n) is 6.90. The number of carbonyl (C=O) groups excluding carboxylic acids is 1. The minimum atomic E-state index is -0.0671. The number of carbonyl (C=O) groups is 1. The van der Waals surface area contributed by atoms with Crippen LogP contribution in [-0.2, 0) is 9.47 Å². The molecule has 3 rings (SSSR count). The number of pyridine rings is 1. The summed E-state index contributed by atoms with van der Waals surface area (Å²) in [6.07, 6.45) is 10.1. The summed E-state index contributed by atoms with van der Waals surface area (Å²) < 4.78 is 12.7. The van der Waals surface area contributed by atoms with E-state index in [2.05, 4.69) is 0 Å². The lowest BCUT2D eigenvalue weighted by molar-refractivity contribution is 0.0161. The van der Waals surface area contributed by atoms with Crippen LogP contribution < -0.4 is 5.49 Å². The molecule has 0 N–H and O–H groups in total. The minimum Gasteiger partial charge on any atom is -0.376 e. The largest absolute Gasteiger partial charge is 0.376 e. The predicted octanol–water partition coefficient (Wildman–Crippen LogP) is 2.87. The Morgan fingerprint density at radius 1 is 1.29 bits per heavy atom. The number of ether oxygens (including phenoxy) is 2. The Morgan fingerprint density at radius 3 is 2.88 bits per heavy atom. The van der Waals surface area contributed by atoms with Crippen LogP contribution in [0.1, 0.15) is 55.3 Å². The normalized spacial score (nSPS) is 22.9. The number of nitrogens with zero attached hydrogens (tertiary/aromatic N) is 2. The Balaban J connectivity index is 1.66. The van der Waals surface area contributed by atoms with Gasteiger partial charge in [-0.05, 0) is 50.3 Å². The summed E-state index contributed by atoms with van der Waals surface area (Å²) in [4.78, 5) is 17.4. The first kappa shape index (κ1) is 17.4. The van der Waals surface area contributed by atoms with Crippen LogP contribution in [0.2, 0.25) is 0 Å². The zero-order valence-electron chi connectivity index (χ0n) is 14.6. The molecule has 2 fully saturated rings. The Hall–Kier alpha value is -1.46. The Bertz CT molecular complexity index is 611. The van der Waals surface area contributed by atoms with Gasteiger partial charge in [-0.2, -0.15) is 0 Å². The number of aromatic nitrogens is 1. The molecule has 1 aliphatic heterocycles. The van der Waals surface area contributed by atoms with Crippen molar-refractivity contribution in [3.05, 3.63) is 29.4 Å². The maximum Gasteiger partial charge on any atom is 0.258 e. The summed E-state index contributed by atoms with van der Waals surface area (Å²) >= 11 is 0. The van der Waals surface area contributed by atoms with Gasteiger partial charge in [-0.15, -0.1) is 0 Å². The molecule has 24 heavy (non-hydrogen) atoms. The molecule has 1 aromatic heterocycles. The lowest BCUT2D eigenvalue weighted by Crippen LogP contribution is -2.32. The maximum absolute atomic E-state index is 12.5. The van der Waals surface area contributed by atoms with Crippen LogP contribution >= 0.6 is 0 Å². The van der Waals surface area contributed by atoms with E-state index in [0.29, 0.717) is 12.6 Å². The smallest absolute Gasteiger partial charge is 0.258 e. The van der Waals surface area contributed by atoms with Crippen LogP contribution in [0.3, 0.4) is 0 Å². The number of aryl methyl sites for hydroxylation is 1. The number of rotatable bonds is 5. The Kier molecular flexibility index (Phi) is 6.21. The van der Waals surface area contributed by atoms with Crippen molar-refractivity contribution in [2.75, 3.05) is 19.8 Å². The first-order chi connectivity index (χ1) is 11.7. The lowest BCUT2D eigenvalue weighted by Gasteiger charge is -2.18. The van der Waals surface area contributed by atoms with Crippen molar-refractivity contribution in [1.29, 1.82) is 0 Å². The van der Waals surface area contributed by atoms with Gasteiger partial charge in [0.25, 0.3) is 5.91 Å². The zero-order valence-corrected chi connectivity index (χ0v) is 14.6. The molecule has 5 nitrogen and oxygen atoms in total. The fourth-order valence-corrected chi connectivity index (χ4v) is 3.42. The highest BCUT2D eigenvalue weighted by Crippen LogP contribution is 2.19. The summed E-state index contributed by atoms with van der Waals surface area (Å²) in [7, 11) is 0. The molecule has 5 heteroatoms. The highest BCUT2D eigenvalue weighted by atomic mass is 16.5. The van der Waals surface area contributed by atoms with Gasteiger partial charge < -0.3 is 9.47 Å². The summed E-state index contributed by atoms with van der Waals surface area (Å²) in [5.74, 6) is -0.0671. The van der Waals surface area contributed by atoms with E-state index in [1.165, 1.54) is 19.3 Å². The second-order valence-corrected chi connectivity index (χ2v) is 6.90.